The standard InChI is InChI=1S/C23H20BrN3O4/c1-13-9-10-17(16(24)11-13)27-20(23(29)31-3)19(22(28)30-2)18(15(12-25)21(27)26)14-7-5-4-6-8-14/h4-11,18H,26H2,1-3H3. The predicted molar refractivity (Wildman–Crippen MR) is 118 cm³/mol. The van der Waals surface area contributed by atoms with E-state index in [1.165, 1.54) is 19.1 Å². The van der Waals surface area contributed by atoms with Gasteiger partial charge in [-0.25, -0.2) is 9.59 Å². The normalized spacial score (nSPS) is 16.1. The number of anilines is 1. The van der Waals surface area contributed by atoms with Crippen molar-refractivity contribution < 1.29 is 19.1 Å². The molecule has 1 aliphatic heterocycles. The van der Waals surface area contributed by atoms with Crippen LogP contribution in [0.4, 0.5) is 5.69 Å². The van der Waals surface area contributed by atoms with Gasteiger partial charge in [0.05, 0.1) is 43.0 Å². The van der Waals surface area contributed by atoms with E-state index in [1.807, 2.05) is 25.1 Å². The molecule has 0 fully saturated rings. The lowest BCUT2D eigenvalue weighted by Crippen LogP contribution is -2.40. The highest BCUT2D eigenvalue weighted by atomic mass is 79.9. The number of nitriles is 1. The van der Waals surface area contributed by atoms with Gasteiger partial charge in [-0.3, -0.25) is 4.90 Å². The Morgan fingerprint density at radius 1 is 1.10 bits per heavy atom. The number of rotatable bonds is 4. The van der Waals surface area contributed by atoms with Crippen LogP contribution in [0.2, 0.25) is 0 Å². The van der Waals surface area contributed by atoms with E-state index < -0.39 is 17.9 Å². The van der Waals surface area contributed by atoms with Gasteiger partial charge in [0.25, 0.3) is 0 Å². The predicted octanol–water partition coefficient (Wildman–Crippen LogP) is 3.66. The lowest BCUT2D eigenvalue weighted by molar-refractivity contribution is -0.139. The van der Waals surface area contributed by atoms with Gasteiger partial charge in [-0.1, -0.05) is 36.4 Å². The highest BCUT2D eigenvalue weighted by Gasteiger charge is 2.43. The van der Waals surface area contributed by atoms with Crippen molar-refractivity contribution in [3.05, 3.63) is 86.8 Å². The Balaban J connectivity index is 2.43. The van der Waals surface area contributed by atoms with Gasteiger partial charge in [-0.15, -0.1) is 0 Å². The zero-order valence-corrected chi connectivity index (χ0v) is 18.8. The summed E-state index contributed by atoms with van der Waals surface area (Å²) in [6.45, 7) is 1.91. The minimum atomic E-state index is -0.895. The number of aryl methyl sites for hydroxylation is 1. The van der Waals surface area contributed by atoms with Crippen molar-refractivity contribution in [2.75, 3.05) is 19.1 Å². The van der Waals surface area contributed by atoms with E-state index in [1.54, 1.807) is 30.3 Å². The Kier molecular flexibility index (Phi) is 6.47. The smallest absolute Gasteiger partial charge is 0.355 e. The summed E-state index contributed by atoms with van der Waals surface area (Å²) < 4.78 is 10.6. The van der Waals surface area contributed by atoms with Crippen LogP contribution in [0.15, 0.2) is 75.7 Å². The van der Waals surface area contributed by atoms with Gasteiger partial charge in [0.2, 0.25) is 0 Å². The molecule has 0 saturated heterocycles. The summed E-state index contributed by atoms with van der Waals surface area (Å²) in [5.74, 6) is -2.42. The van der Waals surface area contributed by atoms with Gasteiger partial charge in [0.15, 0.2) is 0 Å². The molecule has 31 heavy (non-hydrogen) atoms. The molecule has 1 aliphatic rings. The molecular weight excluding hydrogens is 462 g/mol. The van der Waals surface area contributed by atoms with Crippen LogP contribution in [0.3, 0.4) is 0 Å². The van der Waals surface area contributed by atoms with Gasteiger partial charge in [0, 0.05) is 4.47 Å². The maximum atomic E-state index is 13.0. The second-order valence-electron chi connectivity index (χ2n) is 6.79. The van der Waals surface area contributed by atoms with Gasteiger partial charge >= 0.3 is 11.9 Å². The van der Waals surface area contributed by atoms with Crippen LogP contribution in [0, 0.1) is 18.3 Å². The molecule has 3 rings (SSSR count). The van der Waals surface area contributed by atoms with Gasteiger partial charge < -0.3 is 15.2 Å². The van der Waals surface area contributed by atoms with Crippen molar-refractivity contribution >= 4 is 33.6 Å². The topological polar surface area (TPSA) is 106 Å². The van der Waals surface area contributed by atoms with E-state index in [2.05, 4.69) is 22.0 Å². The van der Waals surface area contributed by atoms with E-state index in [0.29, 0.717) is 15.7 Å². The molecule has 158 valence electrons. The van der Waals surface area contributed by atoms with Crippen LogP contribution in [-0.2, 0) is 19.1 Å². The number of halogens is 1. The molecule has 1 unspecified atom stereocenters. The minimum absolute atomic E-state index is 0.0222. The van der Waals surface area contributed by atoms with Crippen molar-refractivity contribution in [2.24, 2.45) is 5.73 Å². The molecule has 7 nitrogen and oxygen atoms in total. The highest BCUT2D eigenvalue weighted by molar-refractivity contribution is 9.10. The Morgan fingerprint density at radius 3 is 2.29 bits per heavy atom. The van der Waals surface area contributed by atoms with E-state index in [0.717, 1.165) is 5.56 Å². The summed E-state index contributed by atoms with van der Waals surface area (Å²) in [4.78, 5) is 27.3. The third-order valence-electron chi connectivity index (χ3n) is 4.95. The maximum absolute atomic E-state index is 13.0. The zero-order valence-electron chi connectivity index (χ0n) is 17.2. The minimum Gasteiger partial charge on any atom is -0.466 e. The molecule has 0 spiro atoms. The lowest BCUT2D eigenvalue weighted by atomic mass is 9.81. The van der Waals surface area contributed by atoms with Gasteiger partial charge in [-0.05, 0) is 46.1 Å². The summed E-state index contributed by atoms with van der Waals surface area (Å²) >= 11 is 3.49. The number of allylic oxidation sites excluding steroid dienone is 1. The average Bonchev–Trinajstić information content (AvgIpc) is 2.78. The molecule has 8 heteroatoms. The molecule has 1 heterocycles. The molecule has 0 aromatic heterocycles. The largest absolute Gasteiger partial charge is 0.466 e. The van der Waals surface area contributed by atoms with Gasteiger partial charge in [0.1, 0.15) is 11.5 Å². The quantitative estimate of drug-likeness (QED) is 0.664. The number of hydrogen-bond donors (Lipinski definition) is 1. The molecule has 0 radical (unpaired) electrons. The van der Waals surface area contributed by atoms with Crippen molar-refractivity contribution in [1.82, 2.24) is 0 Å². The van der Waals surface area contributed by atoms with Crippen LogP contribution < -0.4 is 10.6 Å². The number of esters is 2. The number of hydrogen-bond acceptors (Lipinski definition) is 7. The monoisotopic (exact) mass is 481 g/mol. The number of benzene rings is 2. The van der Waals surface area contributed by atoms with Crippen molar-refractivity contribution in [1.29, 1.82) is 5.26 Å². The molecule has 2 N–H and O–H groups in total. The summed E-state index contributed by atoms with van der Waals surface area (Å²) in [5.41, 5.74) is 8.50. The summed E-state index contributed by atoms with van der Waals surface area (Å²) in [5, 5.41) is 10.0. The van der Waals surface area contributed by atoms with Crippen LogP contribution in [0.1, 0.15) is 17.0 Å². The van der Waals surface area contributed by atoms with Crippen LogP contribution >= 0.6 is 15.9 Å². The first-order valence-electron chi connectivity index (χ1n) is 9.27. The van der Waals surface area contributed by atoms with E-state index >= 15 is 0 Å². The molecular formula is C23H20BrN3O4. The van der Waals surface area contributed by atoms with Crippen molar-refractivity contribution in [2.45, 2.75) is 12.8 Å². The third-order valence-corrected chi connectivity index (χ3v) is 5.59. The zero-order chi connectivity index (χ0) is 22.7. The molecule has 0 bridgehead atoms. The Morgan fingerprint density at radius 2 is 1.74 bits per heavy atom. The highest BCUT2D eigenvalue weighted by Crippen LogP contribution is 2.44. The van der Waals surface area contributed by atoms with Gasteiger partial charge in [-0.2, -0.15) is 5.26 Å². The first kappa shape index (κ1) is 22.1. The SMILES string of the molecule is COC(=O)C1=C(C(=O)OC)N(c2ccc(C)cc2Br)C(N)=C(C#N)C1c1ccccc1. The molecule has 2 aromatic rings. The Bertz CT molecular complexity index is 1150. The summed E-state index contributed by atoms with van der Waals surface area (Å²) in [6, 6.07) is 16.4. The summed E-state index contributed by atoms with van der Waals surface area (Å²) in [7, 11) is 2.43. The summed E-state index contributed by atoms with van der Waals surface area (Å²) in [6.07, 6.45) is 0. The number of nitrogens with zero attached hydrogens (tertiary/aromatic N) is 2. The first-order valence-corrected chi connectivity index (χ1v) is 10.1. The average molecular weight is 482 g/mol. The van der Waals surface area contributed by atoms with E-state index in [9.17, 15) is 14.9 Å². The number of ether oxygens (including phenoxy) is 2. The fourth-order valence-corrected chi connectivity index (χ4v) is 4.23. The van der Waals surface area contributed by atoms with Crippen LogP contribution in [0.25, 0.3) is 0 Å². The molecule has 0 amide bonds. The Labute approximate surface area is 188 Å². The second kappa shape index (κ2) is 9.06. The fraction of sp³-hybridized carbons (Fsp3) is 0.174. The molecule has 1 atom stereocenters. The molecule has 0 saturated carbocycles. The number of nitrogens with two attached hydrogens (primary N) is 1. The third kappa shape index (κ3) is 3.92. The van der Waals surface area contributed by atoms with Crippen molar-refractivity contribution in [3.8, 4) is 6.07 Å². The fourth-order valence-electron chi connectivity index (χ4n) is 3.56. The number of carbonyl (C=O) groups excluding carboxylic acids is 2. The Hall–Kier alpha value is -3.57. The first-order chi connectivity index (χ1) is 14.8. The van der Waals surface area contributed by atoms with Crippen molar-refractivity contribution in [3.63, 3.8) is 0 Å². The van der Waals surface area contributed by atoms with Crippen LogP contribution in [0.5, 0.6) is 0 Å². The number of methoxy groups -OCH3 is 2. The second-order valence-corrected chi connectivity index (χ2v) is 7.64. The maximum Gasteiger partial charge on any atom is 0.355 e. The van der Waals surface area contributed by atoms with E-state index in [-0.39, 0.29) is 22.7 Å². The molecule has 0 aliphatic carbocycles. The van der Waals surface area contributed by atoms with Crippen LogP contribution in [-0.4, -0.2) is 26.2 Å². The molecule has 2 aromatic carbocycles. The van der Waals surface area contributed by atoms with E-state index in [4.69, 9.17) is 15.2 Å². The lowest BCUT2D eigenvalue weighted by Gasteiger charge is -2.36. The number of carbonyl (C=O) groups is 2.